The predicted molar refractivity (Wildman–Crippen MR) is 72.5 cm³/mol. The minimum atomic E-state index is 0.171. The van der Waals surface area contributed by atoms with Crippen LogP contribution in [0.4, 0.5) is 0 Å². The molecule has 0 saturated carbocycles. The van der Waals surface area contributed by atoms with Crippen LogP contribution < -0.4 is 0 Å². The Morgan fingerprint density at radius 3 is 1.84 bits per heavy atom. The molecule has 0 bridgehead atoms. The summed E-state index contributed by atoms with van der Waals surface area (Å²) in [6.45, 7) is 7.72. The van der Waals surface area contributed by atoms with Gasteiger partial charge in [-0.05, 0) is 6.42 Å². The molecule has 1 atom stereocenters. The molecule has 5 heteroatoms. The fraction of sp³-hybridized carbons (Fsp3) is 1.00. The van der Waals surface area contributed by atoms with Crippen molar-refractivity contribution < 1.29 is 23.7 Å². The van der Waals surface area contributed by atoms with Gasteiger partial charge in [-0.15, -0.1) is 0 Å². The minimum absolute atomic E-state index is 0.171. The van der Waals surface area contributed by atoms with Gasteiger partial charge in [0.1, 0.15) is 0 Å². The third-order valence-corrected chi connectivity index (χ3v) is 2.88. The van der Waals surface area contributed by atoms with Crippen molar-refractivity contribution in [2.24, 2.45) is 0 Å². The maximum atomic E-state index is 5.79. The summed E-state index contributed by atoms with van der Waals surface area (Å²) in [6, 6.07) is 0. The molecule has 1 rings (SSSR count). The van der Waals surface area contributed by atoms with E-state index in [1.807, 2.05) is 0 Å². The third kappa shape index (κ3) is 10.3. The molecule has 0 amide bonds. The summed E-state index contributed by atoms with van der Waals surface area (Å²) in [5, 5.41) is 0. The van der Waals surface area contributed by atoms with Gasteiger partial charge in [-0.25, -0.2) is 0 Å². The van der Waals surface area contributed by atoms with Gasteiger partial charge in [-0.1, -0.05) is 19.8 Å². The SMILES string of the molecule is CCCCC1COCCOCCOCCOCCO1. The van der Waals surface area contributed by atoms with E-state index in [1.54, 1.807) is 0 Å². The molecule has 114 valence electrons. The predicted octanol–water partition coefficient (Wildman–Crippen LogP) is 1.64. The number of hydrogen-bond donors (Lipinski definition) is 0. The lowest BCUT2D eigenvalue weighted by Gasteiger charge is -2.17. The third-order valence-electron chi connectivity index (χ3n) is 2.88. The number of unbranched alkanes of at least 4 members (excludes halogenated alkanes) is 1. The Kier molecular flexibility index (Phi) is 11.4. The van der Waals surface area contributed by atoms with Crippen molar-refractivity contribution in [3.05, 3.63) is 0 Å². The van der Waals surface area contributed by atoms with Crippen LogP contribution in [-0.2, 0) is 23.7 Å². The van der Waals surface area contributed by atoms with Crippen molar-refractivity contribution in [1.29, 1.82) is 0 Å². The highest BCUT2D eigenvalue weighted by Gasteiger charge is 2.09. The van der Waals surface area contributed by atoms with Gasteiger partial charge in [-0.2, -0.15) is 0 Å². The zero-order valence-electron chi connectivity index (χ0n) is 12.1. The lowest BCUT2D eigenvalue weighted by atomic mass is 10.2. The second-order valence-corrected chi connectivity index (χ2v) is 4.55. The van der Waals surface area contributed by atoms with Gasteiger partial charge in [0.05, 0.1) is 65.6 Å². The van der Waals surface area contributed by atoms with Gasteiger partial charge in [0.25, 0.3) is 0 Å². The molecule has 0 spiro atoms. The van der Waals surface area contributed by atoms with Crippen LogP contribution in [0.1, 0.15) is 26.2 Å². The quantitative estimate of drug-likeness (QED) is 0.784. The number of rotatable bonds is 3. The average Bonchev–Trinajstić information content (AvgIpc) is 2.44. The lowest BCUT2D eigenvalue weighted by Crippen LogP contribution is -2.23. The molecular weight excluding hydrogens is 248 g/mol. The summed E-state index contributed by atoms with van der Waals surface area (Å²) in [5.41, 5.74) is 0. The zero-order valence-corrected chi connectivity index (χ0v) is 12.1. The van der Waals surface area contributed by atoms with E-state index < -0.39 is 0 Å². The van der Waals surface area contributed by atoms with Gasteiger partial charge >= 0.3 is 0 Å². The Balaban J connectivity index is 2.21. The second-order valence-electron chi connectivity index (χ2n) is 4.55. The molecule has 1 heterocycles. The van der Waals surface area contributed by atoms with E-state index in [-0.39, 0.29) is 6.10 Å². The fourth-order valence-corrected chi connectivity index (χ4v) is 1.79. The average molecular weight is 276 g/mol. The van der Waals surface area contributed by atoms with Gasteiger partial charge in [0.15, 0.2) is 0 Å². The maximum Gasteiger partial charge on any atom is 0.0809 e. The molecule has 5 nitrogen and oxygen atoms in total. The summed E-state index contributed by atoms with van der Waals surface area (Å²) in [4.78, 5) is 0. The van der Waals surface area contributed by atoms with Crippen molar-refractivity contribution in [3.63, 3.8) is 0 Å². The highest BCUT2D eigenvalue weighted by Crippen LogP contribution is 2.06. The minimum Gasteiger partial charge on any atom is -0.377 e. The monoisotopic (exact) mass is 276 g/mol. The van der Waals surface area contributed by atoms with Crippen molar-refractivity contribution in [2.75, 3.05) is 59.5 Å². The first kappa shape index (κ1) is 16.9. The Hall–Kier alpha value is -0.200. The van der Waals surface area contributed by atoms with Crippen LogP contribution >= 0.6 is 0 Å². The van der Waals surface area contributed by atoms with E-state index in [0.717, 1.165) is 6.42 Å². The lowest BCUT2D eigenvalue weighted by molar-refractivity contribution is -0.0490. The largest absolute Gasteiger partial charge is 0.377 e. The van der Waals surface area contributed by atoms with E-state index >= 15 is 0 Å². The van der Waals surface area contributed by atoms with Crippen molar-refractivity contribution >= 4 is 0 Å². The standard InChI is InChI=1S/C14H28O5/c1-2-3-4-14-13-18-10-9-16-6-5-15-7-8-17-11-12-19-14/h14H,2-13H2,1H3. The van der Waals surface area contributed by atoms with Crippen LogP contribution in [0.3, 0.4) is 0 Å². The van der Waals surface area contributed by atoms with Crippen LogP contribution in [0, 0.1) is 0 Å². The summed E-state index contributed by atoms with van der Waals surface area (Å²) >= 11 is 0. The van der Waals surface area contributed by atoms with E-state index in [1.165, 1.54) is 12.8 Å². The first-order valence-corrected chi connectivity index (χ1v) is 7.36. The van der Waals surface area contributed by atoms with Gasteiger partial charge in [0, 0.05) is 0 Å². The number of ether oxygens (including phenoxy) is 5. The van der Waals surface area contributed by atoms with Crippen LogP contribution in [-0.4, -0.2) is 65.6 Å². The summed E-state index contributed by atoms with van der Waals surface area (Å²) in [7, 11) is 0. The van der Waals surface area contributed by atoms with Crippen molar-refractivity contribution in [3.8, 4) is 0 Å². The van der Waals surface area contributed by atoms with Crippen LogP contribution in [0.15, 0.2) is 0 Å². The second kappa shape index (κ2) is 12.8. The molecule has 1 saturated heterocycles. The molecule has 19 heavy (non-hydrogen) atoms. The Bertz CT molecular complexity index is 173. The molecule has 0 aliphatic carbocycles. The van der Waals surface area contributed by atoms with Crippen molar-refractivity contribution in [1.82, 2.24) is 0 Å². The first-order chi connectivity index (χ1) is 9.43. The normalized spacial score (nSPS) is 25.4. The molecule has 1 aliphatic rings. The fourth-order valence-electron chi connectivity index (χ4n) is 1.79. The van der Waals surface area contributed by atoms with Gasteiger partial charge in [0.2, 0.25) is 0 Å². The Labute approximate surface area is 116 Å². The molecule has 0 N–H and O–H groups in total. The Morgan fingerprint density at radius 1 is 0.737 bits per heavy atom. The highest BCUT2D eigenvalue weighted by atomic mass is 16.6. The van der Waals surface area contributed by atoms with E-state index in [9.17, 15) is 0 Å². The van der Waals surface area contributed by atoms with E-state index in [4.69, 9.17) is 23.7 Å². The van der Waals surface area contributed by atoms with Gasteiger partial charge < -0.3 is 23.7 Å². The van der Waals surface area contributed by atoms with E-state index in [2.05, 4.69) is 6.92 Å². The topological polar surface area (TPSA) is 46.2 Å². The summed E-state index contributed by atoms with van der Waals surface area (Å²) < 4.78 is 27.6. The number of hydrogen-bond acceptors (Lipinski definition) is 5. The first-order valence-electron chi connectivity index (χ1n) is 7.36. The molecule has 0 aromatic rings. The molecule has 1 unspecified atom stereocenters. The molecule has 1 aliphatic heterocycles. The summed E-state index contributed by atoms with van der Waals surface area (Å²) in [5.74, 6) is 0. The van der Waals surface area contributed by atoms with Crippen LogP contribution in [0.5, 0.6) is 0 Å². The van der Waals surface area contributed by atoms with Crippen LogP contribution in [0.25, 0.3) is 0 Å². The molecule has 0 radical (unpaired) electrons. The molecule has 0 aromatic heterocycles. The van der Waals surface area contributed by atoms with Gasteiger partial charge in [-0.3, -0.25) is 0 Å². The molecule has 1 fully saturated rings. The molecule has 0 aromatic carbocycles. The highest BCUT2D eigenvalue weighted by molar-refractivity contribution is 4.57. The Morgan fingerprint density at radius 2 is 1.26 bits per heavy atom. The smallest absolute Gasteiger partial charge is 0.0809 e. The van der Waals surface area contributed by atoms with Crippen molar-refractivity contribution in [2.45, 2.75) is 32.3 Å². The zero-order chi connectivity index (χ0) is 13.6. The molecular formula is C14H28O5. The van der Waals surface area contributed by atoms with Crippen LogP contribution in [0.2, 0.25) is 0 Å². The van der Waals surface area contributed by atoms with E-state index in [0.29, 0.717) is 59.5 Å². The summed E-state index contributed by atoms with van der Waals surface area (Å²) in [6.07, 6.45) is 3.56. The maximum absolute atomic E-state index is 5.79.